The van der Waals surface area contributed by atoms with Gasteiger partial charge in [0.1, 0.15) is 0 Å². The number of nitrogens with zero attached hydrogens (tertiary/aromatic N) is 1. The molecule has 3 rings (SSSR count). The molecule has 1 aromatic carbocycles. The topological polar surface area (TPSA) is 47.1 Å². The standard InChI is InChI=1S/C16H21BN2O2/c1-11-6-8-12(9-7-11)14-13(10-18-19-14)17-20-15(2,3)16(4,5)21-17/h6-10H,1-5H3,(H,18,19). The highest BCUT2D eigenvalue weighted by Gasteiger charge is 2.52. The van der Waals surface area contributed by atoms with Gasteiger partial charge >= 0.3 is 7.12 Å². The van der Waals surface area contributed by atoms with E-state index in [1.165, 1.54) is 5.56 Å². The molecule has 1 aliphatic heterocycles. The number of H-pyrrole nitrogens is 1. The Morgan fingerprint density at radius 1 is 1.00 bits per heavy atom. The maximum Gasteiger partial charge on any atom is 0.498 e. The molecule has 2 aromatic rings. The minimum absolute atomic E-state index is 0.348. The Bertz CT molecular complexity index is 631. The molecule has 0 bridgehead atoms. The molecule has 2 heterocycles. The number of aromatic amines is 1. The van der Waals surface area contributed by atoms with Crippen LogP contribution in [0.2, 0.25) is 0 Å². The zero-order valence-electron chi connectivity index (χ0n) is 13.2. The van der Waals surface area contributed by atoms with Gasteiger partial charge in [0.2, 0.25) is 0 Å². The second-order valence-electron chi connectivity index (χ2n) is 6.65. The van der Waals surface area contributed by atoms with Crippen molar-refractivity contribution < 1.29 is 9.31 Å². The average Bonchev–Trinajstić information content (AvgIpc) is 2.94. The van der Waals surface area contributed by atoms with Crippen molar-refractivity contribution >= 4 is 12.6 Å². The van der Waals surface area contributed by atoms with E-state index in [4.69, 9.17) is 9.31 Å². The first-order valence-electron chi connectivity index (χ1n) is 7.26. The van der Waals surface area contributed by atoms with Crippen LogP contribution in [0.15, 0.2) is 30.5 Å². The average molecular weight is 284 g/mol. The minimum Gasteiger partial charge on any atom is -0.399 e. The van der Waals surface area contributed by atoms with E-state index in [9.17, 15) is 0 Å². The van der Waals surface area contributed by atoms with Crippen LogP contribution < -0.4 is 5.46 Å². The largest absolute Gasteiger partial charge is 0.498 e. The Kier molecular flexibility index (Phi) is 3.22. The summed E-state index contributed by atoms with van der Waals surface area (Å²) >= 11 is 0. The first-order chi connectivity index (χ1) is 9.80. The molecule has 1 aromatic heterocycles. The molecule has 0 atom stereocenters. The molecule has 0 aliphatic carbocycles. The lowest BCUT2D eigenvalue weighted by molar-refractivity contribution is 0.00578. The molecule has 21 heavy (non-hydrogen) atoms. The number of aryl methyl sites for hydroxylation is 1. The summed E-state index contributed by atoms with van der Waals surface area (Å²) < 4.78 is 12.2. The van der Waals surface area contributed by atoms with Gasteiger partial charge in [0.05, 0.1) is 16.9 Å². The molecule has 0 unspecified atom stereocenters. The van der Waals surface area contributed by atoms with Crippen LogP contribution >= 0.6 is 0 Å². The molecule has 1 saturated heterocycles. The quantitative estimate of drug-likeness (QED) is 0.862. The van der Waals surface area contributed by atoms with Gasteiger partial charge < -0.3 is 9.31 Å². The zero-order chi connectivity index (χ0) is 15.3. The molecular weight excluding hydrogens is 263 g/mol. The Morgan fingerprint density at radius 3 is 2.14 bits per heavy atom. The lowest BCUT2D eigenvalue weighted by Crippen LogP contribution is -2.41. The van der Waals surface area contributed by atoms with Gasteiger partial charge in [-0.05, 0) is 40.2 Å². The first-order valence-corrected chi connectivity index (χ1v) is 7.26. The molecular formula is C16H21BN2O2. The summed E-state index contributed by atoms with van der Waals surface area (Å²) in [6, 6.07) is 8.34. The summed E-state index contributed by atoms with van der Waals surface area (Å²) in [5, 5.41) is 7.24. The molecule has 1 fully saturated rings. The molecule has 1 aliphatic rings. The number of aromatic nitrogens is 2. The van der Waals surface area contributed by atoms with Crippen LogP contribution in [-0.2, 0) is 9.31 Å². The predicted octanol–water partition coefficient (Wildman–Crippen LogP) is 2.68. The summed E-state index contributed by atoms with van der Waals surface area (Å²) in [4.78, 5) is 0. The fourth-order valence-electron chi connectivity index (χ4n) is 2.40. The molecule has 0 saturated carbocycles. The van der Waals surface area contributed by atoms with Crippen LogP contribution in [0.3, 0.4) is 0 Å². The number of hydrogen-bond donors (Lipinski definition) is 1. The Morgan fingerprint density at radius 2 is 1.57 bits per heavy atom. The van der Waals surface area contributed by atoms with Crippen LogP contribution in [0.1, 0.15) is 33.3 Å². The van der Waals surface area contributed by atoms with Gasteiger partial charge in [-0.25, -0.2) is 0 Å². The van der Waals surface area contributed by atoms with Crippen LogP contribution in [0.25, 0.3) is 11.3 Å². The highest BCUT2D eigenvalue weighted by molar-refractivity contribution is 6.63. The van der Waals surface area contributed by atoms with Crippen molar-refractivity contribution in [1.82, 2.24) is 10.2 Å². The molecule has 0 spiro atoms. The number of benzene rings is 1. The summed E-state index contributed by atoms with van der Waals surface area (Å²) in [6.45, 7) is 10.3. The van der Waals surface area contributed by atoms with Crippen molar-refractivity contribution in [2.75, 3.05) is 0 Å². The highest BCUT2D eigenvalue weighted by atomic mass is 16.7. The van der Waals surface area contributed by atoms with Gasteiger partial charge in [0.15, 0.2) is 0 Å². The maximum absolute atomic E-state index is 6.11. The monoisotopic (exact) mass is 284 g/mol. The second kappa shape index (κ2) is 4.72. The molecule has 110 valence electrons. The summed E-state index contributed by atoms with van der Waals surface area (Å²) in [7, 11) is -0.398. The fraction of sp³-hybridized carbons (Fsp3) is 0.438. The van der Waals surface area contributed by atoms with Crippen LogP contribution in [0, 0.1) is 6.92 Å². The van der Waals surface area contributed by atoms with Gasteiger partial charge in [-0.3, -0.25) is 5.10 Å². The van der Waals surface area contributed by atoms with Gasteiger partial charge in [0.25, 0.3) is 0 Å². The van der Waals surface area contributed by atoms with E-state index >= 15 is 0 Å². The van der Waals surface area contributed by atoms with Gasteiger partial charge in [-0.1, -0.05) is 29.8 Å². The Labute approximate surface area is 126 Å². The Hall–Kier alpha value is -1.59. The third-order valence-corrected chi connectivity index (χ3v) is 4.52. The van der Waals surface area contributed by atoms with Gasteiger partial charge in [-0.2, -0.15) is 5.10 Å². The normalized spacial score (nSPS) is 20.0. The van der Waals surface area contributed by atoms with E-state index in [1.54, 1.807) is 6.20 Å². The zero-order valence-corrected chi connectivity index (χ0v) is 13.2. The van der Waals surface area contributed by atoms with Crippen LogP contribution in [0.4, 0.5) is 0 Å². The van der Waals surface area contributed by atoms with Crippen molar-refractivity contribution in [3.63, 3.8) is 0 Å². The molecule has 5 heteroatoms. The third kappa shape index (κ3) is 2.41. The van der Waals surface area contributed by atoms with E-state index in [2.05, 4.69) is 69.1 Å². The molecule has 1 N–H and O–H groups in total. The lowest BCUT2D eigenvalue weighted by atomic mass is 9.78. The molecule has 4 nitrogen and oxygen atoms in total. The van der Waals surface area contributed by atoms with Crippen LogP contribution in [0.5, 0.6) is 0 Å². The van der Waals surface area contributed by atoms with Gasteiger partial charge in [0, 0.05) is 11.7 Å². The summed E-state index contributed by atoms with van der Waals surface area (Å²) in [5.74, 6) is 0. The van der Waals surface area contributed by atoms with Crippen LogP contribution in [-0.4, -0.2) is 28.5 Å². The minimum atomic E-state index is -0.398. The second-order valence-corrected chi connectivity index (χ2v) is 6.65. The predicted molar refractivity (Wildman–Crippen MR) is 84.5 cm³/mol. The van der Waals surface area contributed by atoms with Crippen molar-refractivity contribution in [1.29, 1.82) is 0 Å². The van der Waals surface area contributed by atoms with Crippen molar-refractivity contribution in [3.8, 4) is 11.3 Å². The maximum atomic E-state index is 6.11. The number of rotatable bonds is 2. The molecule has 0 amide bonds. The van der Waals surface area contributed by atoms with Crippen molar-refractivity contribution in [2.45, 2.75) is 45.8 Å². The van der Waals surface area contributed by atoms with Crippen molar-refractivity contribution in [3.05, 3.63) is 36.0 Å². The van der Waals surface area contributed by atoms with E-state index in [0.29, 0.717) is 0 Å². The smallest absolute Gasteiger partial charge is 0.399 e. The van der Waals surface area contributed by atoms with Gasteiger partial charge in [-0.15, -0.1) is 0 Å². The van der Waals surface area contributed by atoms with E-state index in [0.717, 1.165) is 16.7 Å². The Balaban J connectivity index is 1.96. The van der Waals surface area contributed by atoms with Crippen molar-refractivity contribution in [2.24, 2.45) is 0 Å². The third-order valence-electron chi connectivity index (χ3n) is 4.52. The lowest BCUT2D eigenvalue weighted by Gasteiger charge is -2.32. The number of nitrogens with one attached hydrogen (secondary N) is 1. The fourth-order valence-corrected chi connectivity index (χ4v) is 2.40. The van der Waals surface area contributed by atoms with E-state index < -0.39 is 7.12 Å². The highest BCUT2D eigenvalue weighted by Crippen LogP contribution is 2.37. The van der Waals surface area contributed by atoms with E-state index in [-0.39, 0.29) is 11.2 Å². The number of hydrogen-bond acceptors (Lipinski definition) is 3. The summed E-state index contributed by atoms with van der Waals surface area (Å²) in [6.07, 6.45) is 1.79. The SMILES string of the molecule is Cc1ccc(-c2[nH]ncc2B2OC(C)(C)C(C)(C)O2)cc1. The first kappa shape index (κ1) is 14.4. The molecule has 0 radical (unpaired) electrons. The summed E-state index contributed by atoms with van der Waals surface area (Å²) in [5.41, 5.74) is 3.52. The van der Waals surface area contributed by atoms with E-state index in [1.807, 2.05) is 0 Å².